The summed E-state index contributed by atoms with van der Waals surface area (Å²) in [5, 5.41) is 19.1. The largest absolute Gasteiger partial charge is 0.497 e. The van der Waals surface area contributed by atoms with Crippen LogP contribution in [0.5, 0.6) is 5.75 Å². The van der Waals surface area contributed by atoms with Gasteiger partial charge in [-0.2, -0.15) is 18.4 Å². The molecule has 0 unspecified atom stereocenters. The van der Waals surface area contributed by atoms with Gasteiger partial charge in [0, 0.05) is 25.4 Å². The molecule has 50 heavy (non-hydrogen) atoms. The lowest BCUT2D eigenvalue weighted by atomic mass is 9.80. The van der Waals surface area contributed by atoms with Crippen molar-refractivity contribution < 1.29 is 42.1 Å². The third-order valence-corrected chi connectivity index (χ3v) is 9.13. The molecule has 1 fully saturated rings. The Kier molecular flexibility index (Phi) is 10.3. The van der Waals surface area contributed by atoms with Crippen molar-refractivity contribution >= 4 is 23.4 Å². The molecule has 3 N–H and O–H groups in total. The molecule has 0 bridgehead atoms. The number of carbonyl (C=O) groups excluding carboxylic acids is 1. The Hall–Kier alpha value is -4.94. The van der Waals surface area contributed by atoms with Gasteiger partial charge < -0.3 is 30.0 Å². The van der Waals surface area contributed by atoms with Gasteiger partial charge >= 0.3 is 18.2 Å². The Morgan fingerprint density at radius 3 is 2.50 bits per heavy atom. The topological polar surface area (TPSA) is 164 Å². The molecule has 0 spiro atoms. The molecule has 2 aromatic carbocycles. The summed E-state index contributed by atoms with van der Waals surface area (Å²) in [5.74, 6) is -0.931. The fraction of sp³-hybridized carbons (Fsp3) is 0.457. The van der Waals surface area contributed by atoms with Crippen LogP contribution in [0.15, 0.2) is 42.6 Å². The Morgan fingerprint density at radius 1 is 1.16 bits per heavy atom. The Balaban J connectivity index is 1.62. The first-order chi connectivity index (χ1) is 23.6. The van der Waals surface area contributed by atoms with E-state index in [0.29, 0.717) is 60.5 Å². The number of alkyl halides is 3. The highest BCUT2D eigenvalue weighted by Gasteiger charge is 2.47. The molecule has 1 aromatic heterocycles. The lowest BCUT2D eigenvalue weighted by Gasteiger charge is -2.47. The highest BCUT2D eigenvalue weighted by molar-refractivity contribution is 5.92. The van der Waals surface area contributed by atoms with Gasteiger partial charge in [-0.15, -0.1) is 0 Å². The quantitative estimate of drug-likeness (QED) is 0.292. The number of ether oxygens (including phenoxy) is 3. The molecule has 1 saturated heterocycles. The second-order valence-electron chi connectivity index (χ2n) is 13.1. The van der Waals surface area contributed by atoms with E-state index in [1.54, 1.807) is 31.3 Å². The number of hydrogen-bond donors (Lipinski definition) is 2. The number of morpholine rings is 1. The molecule has 3 heterocycles. The molecular formula is C35H39F3N6O6. The number of benzene rings is 2. The van der Waals surface area contributed by atoms with E-state index in [1.165, 1.54) is 31.9 Å². The van der Waals surface area contributed by atoms with Gasteiger partial charge in [-0.1, -0.05) is 6.92 Å². The van der Waals surface area contributed by atoms with Crippen molar-refractivity contribution in [2.45, 2.75) is 57.8 Å². The van der Waals surface area contributed by atoms with Crippen LogP contribution >= 0.6 is 0 Å². The fourth-order valence-corrected chi connectivity index (χ4v) is 6.13. The maximum absolute atomic E-state index is 13.8. The number of aromatic nitrogens is 2. The van der Waals surface area contributed by atoms with Gasteiger partial charge in [-0.05, 0) is 74.2 Å². The Bertz CT molecular complexity index is 1810. The second kappa shape index (κ2) is 14.1. The third kappa shape index (κ3) is 7.46. The number of carboxylic acids is 1. The summed E-state index contributed by atoms with van der Waals surface area (Å²) < 4.78 is 57.9. The van der Waals surface area contributed by atoms with Gasteiger partial charge in [0.1, 0.15) is 23.8 Å². The summed E-state index contributed by atoms with van der Waals surface area (Å²) in [6.45, 7) is 6.22. The average molecular weight is 697 g/mol. The van der Waals surface area contributed by atoms with Gasteiger partial charge in [0.05, 0.1) is 66.2 Å². The molecule has 3 aromatic rings. The fourth-order valence-electron chi connectivity index (χ4n) is 6.13. The summed E-state index contributed by atoms with van der Waals surface area (Å²) in [6, 6.07) is 10.1. The van der Waals surface area contributed by atoms with Crippen LogP contribution in [-0.4, -0.2) is 72.8 Å². The van der Waals surface area contributed by atoms with Gasteiger partial charge in [0.15, 0.2) is 0 Å². The summed E-state index contributed by atoms with van der Waals surface area (Å²) in [7, 11) is 1.50. The molecule has 15 heteroatoms. The smallest absolute Gasteiger partial charge is 0.416 e. The lowest BCUT2D eigenvalue weighted by Crippen LogP contribution is -2.62. The summed E-state index contributed by atoms with van der Waals surface area (Å²) in [4.78, 5) is 38.4. The number of carbonyl (C=O) groups is 2. The first kappa shape index (κ1) is 36.3. The van der Waals surface area contributed by atoms with Gasteiger partial charge in [-0.25, -0.2) is 14.8 Å². The van der Waals surface area contributed by atoms with E-state index < -0.39 is 47.4 Å². The van der Waals surface area contributed by atoms with Gasteiger partial charge in [0.25, 0.3) is 0 Å². The minimum Gasteiger partial charge on any atom is -0.497 e. The number of nitrogens with zero attached hydrogens (tertiary/aromatic N) is 5. The number of aliphatic carboxylic acids is 1. The minimum atomic E-state index is -4.66. The predicted molar refractivity (Wildman–Crippen MR) is 176 cm³/mol. The number of hydrogen-bond acceptors (Lipinski definition) is 10. The summed E-state index contributed by atoms with van der Waals surface area (Å²) in [5.41, 5.74) is 5.54. The molecule has 2 aliphatic rings. The second-order valence-corrected chi connectivity index (χ2v) is 13.1. The zero-order valence-electron chi connectivity index (χ0n) is 28.2. The zero-order valence-corrected chi connectivity index (χ0v) is 28.2. The van der Waals surface area contributed by atoms with Gasteiger partial charge in [0.2, 0.25) is 0 Å². The first-order valence-corrected chi connectivity index (χ1v) is 16.1. The summed E-state index contributed by atoms with van der Waals surface area (Å²) >= 11 is 0. The minimum absolute atomic E-state index is 0.0299. The van der Waals surface area contributed by atoms with E-state index in [0.717, 1.165) is 12.1 Å². The molecule has 266 valence electrons. The predicted octanol–water partition coefficient (Wildman–Crippen LogP) is 5.46. The van der Waals surface area contributed by atoms with Crippen LogP contribution in [0.2, 0.25) is 0 Å². The Labute approximate surface area is 287 Å². The number of methoxy groups -OCH3 is 1. The molecule has 2 atom stereocenters. The number of anilines is 2. The highest BCUT2D eigenvalue weighted by atomic mass is 19.4. The van der Waals surface area contributed by atoms with Crippen LogP contribution < -0.4 is 20.3 Å². The van der Waals surface area contributed by atoms with Crippen LogP contribution in [0, 0.1) is 16.7 Å². The average Bonchev–Trinajstić information content (AvgIpc) is 3.09. The molecule has 0 aliphatic carbocycles. The lowest BCUT2D eigenvalue weighted by molar-refractivity contribution is -0.149. The van der Waals surface area contributed by atoms with Crippen LogP contribution in [0.4, 0.5) is 29.3 Å². The molecule has 0 saturated carbocycles. The van der Waals surface area contributed by atoms with E-state index in [-0.39, 0.29) is 30.4 Å². The molecule has 5 rings (SSSR count). The number of rotatable bonds is 9. The van der Waals surface area contributed by atoms with Crippen LogP contribution in [0.3, 0.4) is 0 Å². The number of fused-ring (bicyclic) bond motifs is 1. The van der Waals surface area contributed by atoms with Crippen LogP contribution in [-0.2, 0) is 26.9 Å². The monoisotopic (exact) mass is 696 g/mol. The van der Waals surface area contributed by atoms with E-state index in [1.807, 2.05) is 11.0 Å². The maximum atomic E-state index is 13.8. The number of nitrogens with two attached hydrogens (primary N) is 1. The normalized spacial score (nSPS) is 19.4. The molecule has 0 radical (unpaired) electrons. The van der Waals surface area contributed by atoms with Crippen molar-refractivity contribution in [1.29, 1.82) is 5.26 Å². The number of carboxylic acid groups (broad SMARTS) is 1. The highest BCUT2D eigenvalue weighted by Crippen LogP contribution is 2.47. The van der Waals surface area contributed by atoms with Gasteiger partial charge in [-0.3, -0.25) is 9.69 Å². The zero-order chi connectivity index (χ0) is 36.4. The molecule has 12 nitrogen and oxygen atoms in total. The van der Waals surface area contributed by atoms with Crippen molar-refractivity contribution in [3.8, 4) is 11.8 Å². The van der Waals surface area contributed by atoms with Crippen LogP contribution in [0.1, 0.15) is 73.3 Å². The van der Waals surface area contributed by atoms with Crippen molar-refractivity contribution in [3.63, 3.8) is 0 Å². The van der Waals surface area contributed by atoms with Crippen molar-refractivity contribution in [2.75, 3.05) is 49.8 Å². The molecule has 2 aliphatic heterocycles. The number of amides is 1. The van der Waals surface area contributed by atoms with E-state index >= 15 is 0 Å². The number of halogens is 3. The van der Waals surface area contributed by atoms with Crippen molar-refractivity contribution in [2.24, 2.45) is 11.1 Å². The van der Waals surface area contributed by atoms with Crippen LogP contribution in [0.25, 0.3) is 0 Å². The van der Waals surface area contributed by atoms with Crippen molar-refractivity contribution in [3.05, 3.63) is 76.4 Å². The summed E-state index contributed by atoms with van der Waals surface area (Å²) in [6.07, 6.45) is -3.47. The van der Waals surface area contributed by atoms with E-state index in [4.69, 9.17) is 29.9 Å². The standard InChI is InChI=1S/C35H39F3N6O6/c1-5-34(40)17-26(25-16-24(48-4)6-7-28(25)44(34)32(47)50-20-33(2,3)31(45)46)30-41-19-29(43-8-10-49-11-9-43)27(42-30)15-21-12-22(18-39)14-23(13-21)35(36,37)38/h6-7,12-14,16,19,26H,5,8-11,15,17,20,40H2,1-4H3,(H,45,46)/t26-,34+/m0/s1. The SMILES string of the molecule is CC[C@]1(N)C[C@H](c2ncc(N3CCOCC3)c(Cc3cc(C#N)cc(C(F)(F)F)c3)n2)c2cc(OC)ccc2N1C(=O)OCC(C)(C)C(=O)O. The number of nitriles is 1. The molecule has 1 amide bonds. The maximum Gasteiger partial charge on any atom is 0.416 e. The van der Waals surface area contributed by atoms with E-state index in [2.05, 4.69) is 0 Å². The molecular weight excluding hydrogens is 657 g/mol. The first-order valence-electron chi connectivity index (χ1n) is 16.1. The third-order valence-electron chi connectivity index (χ3n) is 9.13. The Morgan fingerprint density at radius 2 is 1.88 bits per heavy atom. The van der Waals surface area contributed by atoms with Crippen molar-refractivity contribution in [1.82, 2.24) is 9.97 Å². The van der Waals surface area contributed by atoms with E-state index in [9.17, 15) is 33.1 Å².